The minimum Gasteiger partial charge on any atom is -0.435 e. The fourth-order valence-electron chi connectivity index (χ4n) is 1.38. The van der Waals surface area contributed by atoms with Crippen molar-refractivity contribution in [3.63, 3.8) is 0 Å². The molecule has 1 fully saturated rings. The van der Waals surface area contributed by atoms with E-state index in [0.717, 1.165) is 0 Å². The summed E-state index contributed by atoms with van der Waals surface area (Å²) in [4.78, 5) is 13.4. The molecule has 4 atom stereocenters. The molecule has 1 rings (SSSR count). The van der Waals surface area contributed by atoms with Gasteiger partial charge in [0.25, 0.3) is 0 Å². The zero-order valence-corrected chi connectivity index (χ0v) is 8.53. The van der Waals surface area contributed by atoms with Gasteiger partial charge < -0.3 is 14.6 Å². The Kier molecular flexibility index (Phi) is 3.90. The highest BCUT2D eigenvalue weighted by molar-refractivity contribution is 5.66. The molecule has 0 aromatic heterocycles. The van der Waals surface area contributed by atoms with Gasteiger partial charge in [0, 0.05) is 11.8 Å². The maximum atomic E-state index is 10.8. The van der Waals surface area contributed by atoms with Gasteiger partial charge in [0.05, 0.1) is 12.2 Å². The molecule has 1 heterocycles. The van der Waals surface area contributed by atoms with Crippen molar-refractivity contribution in [1.29, 1.82) is 0 Å². The second-order valence-electron chi connectivity index (χ2n) is 3.39. The van der Waals surface area contributed by atoms with E-state index < -0.39 is 30.5 Å². The van der Waals surface area contributed by atoms with E-state index in [1.54, 1.807) is 6.92 Å². The minimum absolute atomic E-state index is 0.225. The number of azide groups is 1. The van der Waals surface area contributed by atoms with Crippen LogP contribution in [-0.2, 0) is 14.3 Å². The minimum atomic E-state index is -0.906. The molecule has 0 amide bonds. The summed E-state index contributed by atoms with van der Waals surface area (Å²) in [6.07, 6.45) is -1.84. The van der Waals surface area contributed by atoms with Crippen LogP contribution >= 0.6 is 0 Å². The Morgan fingerprint density at radius 1 is 1.73 bits per heavy atom. The normalized spacial score (nSPS) is 35.4. The zero-order valence-electron chi connectivity index (χ0n) is 8.53. The summed E-state index contributed by atoms with van der Waals surface area (Å²) in [7, 11) is 0. The fraction of sp³-hybridized carbons (Fsp3) is 0.875. The number of carbonyl (C=O) groups is 1. The molecule has 0 spiro atoms. The molecular weight excluding hydrogens is 202 g/mol. The average molecular weight is 215 g/mol. The lowest BCUT2D eigenvalue weighted by molar-refractivity contribution is -0.222. The first-order chi connectivity index (χ1) is 7.04. The van der Waals surface area contributed by atoms with Crippen molar-refractivity contribution in [2.75, 3.05) is 0 Å². The third-order valence-electron chi connectivity index (χ3n) is 2.17. The third-order valence-corrected chi connectivity index (χ3v) is 2.17. The van der Waals surface area contributed by atoms with Crippen molar-refractivity contribution in [2.24, 2.45) is 5.11 Å². The van der Waals surface area contributed by atoms with Crippen molar-refractivity contribution in [3.8, 4) is 0 Å². The second kappa shape index (κ2) is 4.97. The lowest BCUT2D eigenvalue weighted by Crippen LogP contribution is -2.46. The molecule has 7 nitrogen and oxygen atoms in total. The van der Waals surface area contributed by atoms with Crippen LogP contribution in [0.5, 0.6) is 0 Å². The quantitative estimate of drug-likeness (QED) is 0.317. The molecule has 1 aliphatic rings. The van der Waals surface area contributed by atoms with Gasteiger partial charge in [-0.15, -0.1) is 0 Å². The number of rotatable bonds is 2. The molecule has 84 valence electrons. The maximum Gasteiger partial charge on any atom is 0.304 e. The number of hydrogen-bond donors (Lipinski definition) is 1. The highest BCUT2D eigenvalue weighted by Gasteiger charge is 2.36. The molecule has 1 saturated heterocycles. The summed E-state index contributed by atoms with van der Waals surface area (Å²) in [6.45, 7) is 2.90. The van der Waals surface area contributed by atoms with Crippen molar-refractivity contribution in [3.05, 3.63) is 10.4 Å². The number of nitrogens with zero attached hydrogens (tertiary/aromatic N) is 3. The Morgan fingerprint density at radius 2 is 2.40 bits per heavy atom. The predicted molar refractivity (Wildman–Crippen MR) is 49.7 cm³/mol. The van der Waals surface area contributed by atoms with Gasteiger partial charge in [-0.1, -0.05) is 5.11 Å². The maximum absolute atomic E-state index is 10.8. The predicted octanol–water partition coefficient (Wildman–Crippen LogP) is 0.724. The van der Waals surface area contributed by atoms with Crippen LogP contribution in [-0.4, -0.2) is 35.6 Å². The van der Waals surface area contributed by atoms with Crippen LogP contribution < -0.4 is 0 Å². The van der Waals surface area contributed by atoms with E-state index in [4.69, 9.17) is 15.0 Å². The van der Waals surface area contributed by atoms with Crippen LogP contribution in [0.25, 0.3) is 10.4 Å². The molecule has 0 aromatic rings. The van der Waals surface area contributed by atoms with Crippen molar-refractivity contribution < 1.29 is 19.4 Å². The first kappa shape index (κ1) is 11.8. The topological polar surface area (TPSA) is 105 Å². The van der Waals surface area contributed by atoms with Crippen LogP contribution in [0.4, 0.5) is 0 Å². The monoisotopic (exact) mass is 215 g/mol. The Hall–Kier alpha value is -1.30. The van der Waals surface area contributed by atoms with Gasteiger partial charge >= 0.3 is 5.97 Å². The van der Waals surface area contributed by atoms with Gasteiger partial charge in [-0.05, 0) is 18.9 Å². The second-order valence-corrected chi connectivity index (χ2v) is 3.39. The number of esters is 1. The van der Waals surface area contributed by atoms with E-state index in [2.05, 4.69) is 10.0 Å². The molecule has 0 bridgehead atoms. The highest BCUT2D eigenvalue weighted by atomic mass is 16.7. The lowest BCUT2D eigenvalue weighted by Gasteiger charge is -2.35. The van der Waals surface area contributed by atoms with Crippen LogP contribution in [0.3, 0.4) is 0 Å². The smallest absolute Gasteiger partial charge is 0.304 e. The van der Waals surface area contributed by atoms with Crippen LogP contribution in [0.15, 0.2) is 5.11 Å². The standard InChI is InChI=1S/C8H13N3O4/c1-4-7(13)3-6(10-11-9)8(14-4)15-5(2)12/h4,6-8,13H,3H2,1-2H3/t4-,6-,7+,8+/m1/s1. The van der Waals surface area contributed by atoms with Crippen LogP contribution in [0, 0.1) is 0 Å². The Bertz CT molecular complexity index is 290. The first-order valence-electron chi connectivity index (χ1n) is 4.59. The fourth-order valence-corrected chi connectivity index (χ4v) is 1.38. The van der Waals surface area contributed by atoms with Gasteiger partial charge in [0.15, 0.2) is 0 Å². The Morgan fingerprint density at radius 3 is 2.93 bits per heavy atom. The van der Waals surface area contributed by atoms with Crippen LogP contribution in [0.1, 0.15) is 20.3 Å². The molecular formula is C8H13N3O4. The summed E-state index contributed by atoms with van der Waals surface area (Å²) in [5.74, 6) is -0.512. The molecule has 0 radical (unpaired) electrons. The largest absolute Gasteiger partial charge is 0.435 e. The first-order valence-corrected chi connectivity index (χ1v) is 4.59. The number of aliphatic hydroxyl groups excluding tert-OH is 1. The SMILES string of the molecule is CC(=O)O[C@@H]1O[C@H](C)[C@@H](O)C[C@H]1N=[N+]=[N-]. The van der Waals surface area contributed by atoms with E-state index in [0.29, 0.717) is 0 Å². The summed E-state index contributed by atoms with van der Waals surface area (Å²) in [6, 6.07) is -0.676. The number of aliphatic hydroxyl groups is 1. The number of hydrogen-bond acceptors (Lipinski definition) is 5. The number of ether oxygens (including phenoxy) is 2. The van der Waals surface area contributed by atoms with Gasteiger partial charge in [0.1, 0.15) is 6.04 Å². The van der Waals surface area contributed by atoms with Crippen LogP contribution in [0.2, 0.25) is 0 Å². The van der Waals surface area contributed by atoms with Gasteiger partial charge in [-0.25, -0.2) is 0 Å². The molecule has 1 N–H and O–H groups in total. The number of carbonyl (C=O) groups excluding carboxylic acids is 1. The molecule has 0 unspecified atom stereocenters. The molecule has 7 heteroatoms. The Balaban J connectivity index is 2.71. The average Bonchev–Trinajstić information content (AvgIpc) is 2.13. The molecule has 0 saturated carbocycles. The van der Waals surface area contributed by atoms with Crippen molar-refractivity contribution >= 4 is 5.97 Å². The van der Waals surface area contributed by atoms with E-state index in [1.165, 1.54) is 6.92 Å². The Labute approximate surface area is 86.6 Å². The van der Waals surface area contributed by atoms with Gasteiger partial charge in [0.2, 0.25) is 6.29 Å². The summed E-state index contributed by atoms with van der Waals surface area (Å²) >= 11 is 0. The summed E-state index contributed by atoms with van der Waals surface area (Å²) in [5.41, 5.74) is 8.30. The molecule has 0 aliphatic carbocycles. The third kappa shape index (κ3) is 3.09. The molecule has 15 heavy (non-hydrogen) atoms. The van der Waals surface area contributed by atoms with Gasteiger partial charge in [-0.2, -0.15) is 0 Å². The van der Waals surface area contributed by atoms with E-state index in [-0.39, 0.29) is 6.42 Å². The zero-order chi connectivity index (χ0) is 11.4. The summed E-state index contributed by atoms with van der Waals surface area (Å²) in [5, 5.41) is 12.9. The van der Waals surface area contributed by atoms with E-state index >= 15 is 0 Å². The van der Waals surface area contributed by atoms with E-state index in [1.807, 2.05) is 0 Å². The van der Waals surface area contributed by atoms with Crippen molar-refractivity contribution in [2.45, 2.75) is 44.8 Å². The highest BCUT2D eigenvalue weighted by Crippen LogP contribution is 2.23. The lowest BCUT2D eigenvalue weighted by atomic mass is 10.0. The van der Waals surface area contributed by atoms with E-state index in [9.17, 15) is 9.90 Å². The van der Waals surface area contributed by atoms with Gasteiger partial charge in [-0.3, -0.25) is 4.79 Å². The molecule has 1 aliphatic heterocycles. The van der Waals surface area contributed by atoms with Crippen molar-refractivity contribution in [1.82, 2.24) is 0 Å². The molecule has 0 aromatic carbocycles. The summed E-state index contributed by atoms with van der Waals surface area (Å²) < 4.78 is 10.1.